The van der Waals surface area contributed by atoms with Crippen LogP contribution in [0.3, 0.4) is 0 Å². The highest BCUT2D eigenvalue weighted by Crippen LogP contribution is 2.29. The summed E-state index contributed by atoms with van der Waals surface area (Å²) in [5, 5.41) is 18.3. The molecule has 0 radical (unpaired) electrons. The summed E-state index contributed by atoms with van der Waals surface area (Å²) in [5.41, 5.74) is 0. The molecule has 2 rings (SSSR count). The molecule has 0 aromatic heterocycles. The fourth-order valence-corrected chi connectivity index (χ4v) is 3.83. The molecule has 0 spiro atoms. The van der Waals surface area contributed by atoms with Crippen LogP contribution >= 0.6 is 0 Å². The van der Waals surface area contributed by atoms with Gasteiger partial charge in [-0.15, -0.1) is 0 Å². The summed E-state index contributed by atoms with van der Waals surface area (Å²) >= 11 is 0. The zero-order valence-electron chi connectivity index (χ0n) is 14.4. The molecule has 2 fully saturated rings. The van der Waals surface area contributed by atoms with Crippen molar-refractivity contribution in [2.24, 2.45) is 23.7 Å². The van der Waals surface area contributed by atoms with Crippen molar-refractivity contribution in [3.63, 3.8) is 0 Å². The Morgan fingerprint density at radius 3 is 1.39 bits per heavy atom. The molecule has 132 valence electrons. The van der Waals surface area contributed by atoms with Crippen molar-refractivity contribution < 1.29 is 14.9 Å². The topological polar surface area (TPSA) is 49.7 Å². The fraction of sp³-hybridized carbons (Fsp3) is 0.800. The van der Waals surface area contributed by atoms with E-state index in [0.717, 1.165) is 25.7 Å². The first kappa shape index (κ1) is 18.7. The van der Waals surface area contributed by atoms with Crippen molar-refractivity contribution in [1.29, 1.82) is 0 Å². The SMILES string of the molecule is OCC1CCC(C=CCOCC=CC2CCC(CO)CC2)CC1. The minimum absolute atomic E-state index is 0.355. The van der Waals surface area contributed by atoms with Crippen LogP contribution in [0, 0.1) is 23.7 Å². The van der Waals surface area contributed by atoms with Crippen molar-refractivity contribution in [3.8, 4) is 0 Å². The van der Waals surface area contributed by atoms with Gasteiger partial charge in [-0.3, -0.25) is 0 Å². The Bertz CT molecular complexity index is 314. The van der Waals surface area contributed by atoms with Gasteiger partial charge in [-0.2, -0.15) is 0 Å². The third-order valence-corrected chi connectivity index (χ3v) is 5.54. The summed E-state index contributed by atoms with van der Waals surface area (Å²) in [4.78, 5) is 0. The standard InChI is InChI=1S/C20H34O3/c21-15-19-9-5-17(6-10-19)3-1-13-23-14-2-4-18-7-11-20(16-22)12-8-18/h1-4,17-22H,5-16H2. The van der Waals surface area contributed by atoms with E-state index in [4.69, 9.17) is 14.9 Å². The van der Waals surface area contributed by atoms with Crippen LogP contribution in [0.2, 0.25) is 0 Å². The van der Waals surface area contributed by atoms with Gasteiger partial charge in [-0.1, -0.05) is 24.3 Å². The number of allylic oxidation sites excluding steroid dienone is 2. The van der Waals surface area contributed by atoms with E-state index in [1.165, 1.54) is 25.7 Å². The summed E-state index contributed by atoms with van der Waals surface area (Å²) in [6.45, 7) is 2.10. The van der Waals surface area contributed by atoms with Gasteiger partial charge in [0, 0.05) is 13.2 Å². The van der Waals surface area contributed by atoms with Crippen molar-refractivity contribution in [3.05, 3.63) is 24.3 Å². The molecule has 3 nitrogen and oxygen atoms in total. The highest BCUT2D eigenvalue weighted by Gasteiger charge is 2.19. The van der Waals surface area contributed by atoms with Gasteiger partial charge in [0.15, 0.2) is 0 Å². The third-order valence-electron chi connectivity index (χ3n) is 5.54. The van der Waals surface area contributed by atoms with Crippen LogP contribution in [-0.2, 0) is 4.74 Å². The van der Waals surface area contributed by atoms with Crippen LogP contribution in [-0.4, -0.2) is 36.6 Å². The third kappa shape index (κ3) is 7.19. The van der Waals surface area contributed by atoms with Gasteiger partial charge in [0.25, 0.3) is 0 Å². The van der Waals surface area contributed by atoms with Crippen molar-refractivity contribution >= 4 is 0 Å². The van der Waals surface area contributed by atoms with E-state index in [1.807, 2.05) is 0 Å². The lowest BCUT2D eigenvalue weighted by Crippen LogP contribution is -2.16. The van der Waals surface area contributed by atoms with Crippen LogP contribution in [0.25, 0.3) is 0 Å². The molecule has 0 aliphatic heterocycles. The Hall–Kier alpha value is -0.640. The van der Waals surface area contributed by atoms with E-state index >= 15 is 0 Å². The summed E-state index contributed by atoms with van der Waals surface area (Å²) in [5.74, 6) is 2.43. The second kappa shape index (κ2) is 11.0. The van der Waals surface area contributed by atoms with Crippen LogP contribution in [0.15, 0.2) is 24.3 Å². The first-order valence-corrected chi connectivity index (χ1v) is 9.44. The molecule has 0 bridgehead atoms. The number of aliphatic hydroxyl groups is 2. The molecule has 0 saturated heterocycles. The second-order valence-electron chi connectivity index (χ2n) is 7.32. The quantitative estimate of drug-likeness (QED) is 0.529. The van der Waals surface area contributed by atoms with Crippen molar-refractivity contribution in [2.45, 2.75) is 51.4 Å². The Morgan fingerprint density at radius 2 is 1.04 bits per heavy atom. The van der Waals surface area contributed by atoms with Gasteiger partial charge >= 0.3 is 0 Å². The minimum Gasteiger partial charge on any atom is -0.396 e. The predicted octanol–water partition coefficient (Wildman–Crippen LogP) is 3.71. The molecule has 0 atom stereocenters. The molecule has 23 heavy (non-hydrogen) atoms. The zero-order valence-corrected chi connectivity index (χ0v) is 14.4. The van der Waals surface area contributed by atoms with Gasteiger partial charge in [-0.05, 0) is 75.0 Å². The second-order valence-corrected chi connectivity index (χ2v) is 7.32. The van der Waals surface area contributed by atoms with Gasteiger partial charge in [-0.25, -0.2) is 0 Å². The van der Waals surface area contributed by atoms with Gasteiger partial charge < -0.3 is 14.9 Å². The van der Waals surface area contributed by atoms with Gasteiger partial charge in [0.2, 0.25) is 0 Å². The number of hydrogen-bond acceptors (Lipinski definition) is 3. The average molecular weight is 322 g/mol. The predicted molar refractivity (Wildman–Crippen MR) is 94.2 cm³/mol. The molecule has 0 heterocycles. The molecule has 0 aromatic rings. The Balaban J connectivity index is 1.49. The Morgan fingerprint density at radius 1 is 0.652 bits per heavy atom. The Labute approximate surface area is 141 Å². The van der Waals surface area contributed by atoms with E-state index in [2.05, 4.69) is 24.3 Å². The van der Waals surface area contributed by atoms with Gasteiger partial charge in [0.1, 0.15) is 0 Å². The van der Waals surface area contributed by atoms with Crippen molar-refractivity contribution in [2.75, 3.05) is 26.4 Å². The minimum atomic E-state index is 0.355. The van der Waals surface area contributed by atoms with Crippen LogP contribution in [0.4, 0.5) is 0 Å². The number of ether oxygens (including phenoxy) is 1. The van der Waals surface area contributed by atoms with Crippen molar-refractivity contribution in [1.82, 2.24) is 0 Å². The first-order valence-electron chi connectivity index (χ1n) is 9.44. The lowest BCUT2D eigenvalue weighted by Gasteiger charge is -2.25. The van der Waals surface area contributed by atoms with E-state index in [0.29, 0.717) is 50.1 Å². The average Bonchev–Trinajstić information content (AvgIpc) is 2.62. The van der Waals surface area contributed by atoms with E-state index in [-0.39, 0.29) is 0 Å². The van der Waals surface area contributed by atoms with Crippen LogP contribution < -0.4 is 0 Å². The number of rotatable bonds is 8. The van der Waals surface area contributed by atoms with Crippen LogP contribution in [0.1, 0.15) is 51.4 Å². The largest absolute Gasteiger partial charge is 0.396 e. The molecule has 0 amide bonds. The highest BCUT2D eigenvalue weighted by atomic mass is 16.5. The molecule has 2 N–H and O–H groups in total. The molecule has 2 aliphatic carbocycles. The zero-order chi connectivity index (χ0) is 16.3. The summed E-state index contributed by atoms with van der Waals surface area (Å²) in [6, 6.07) is 0. The summed E-state index contributed by atoms with van der Waals surface area (Å²) < 4.78 is 5.65. The van der Waals surface area contributed by atoms with Gasteiger partial charge in [0.05, 0.1) is 13.2 Å². The monoisotopic (exact) mass is 322 g/mol. The number of hydrogen-bond donors (Lipinski definition) is 2. The molecular weight excluding hydrogens is 288 g/mol. The van der Waals surface area contributed by atoms with E-state index < -0.39 is 0 Å². The lowest BCUT2D eigenvalue weighted by molar-refractivity contribution is 0.175. The molecular formula is C20H34O3. The normalized spacial score (nSPS) is 32.8. The summed E-state index contributed by atoms with van der Waals surface area (Å²) in [7, 11) is 0. The molecule has 2 saturated carbocycles. The maximum absolute atomic E-state index is 9.14. The molecule has 2 aliphatic rings. The fourth-order valence-electron chi connectivity index (χ4n) is 3.83. The maximum atomic E-state index is 9.14. The lowest BCUT2D eigenvalue weighted by atomic mass is 9.82. The smallest absolute Gasteiger partial charge is 0.0651 e. The highest BCUT2D eigenvalue weighted by molar-refractivity contribution is 4.93. The Kier molecular flexibility index (Phi) is 8.95. The summed E-state index contributed by atoms with van der Waals surface area (Å²) in [6.07, 6.45) is 18.4. The molecule has 0 unspecified atom stereocenters. The maximum Gasteiger partial charge on any atom is 0.0651 e. The molecule has 3 heteroatoms. The first-order chi connectivity index (χ1) is 11.3. The number of aliphatic hydroxyl groups excluding tert-OH is 2. The van der Waals surface area contributed by atoms with Crippen LogP contribution in [0.5, 0.6) is 0 Å². The van der Waals surface area contributed by atoms with E-state index in [9.17, 15) is 0 Å². The van der Waals surface area contributed by atoms with E-state index in [1.54, 1.807) is 0 Å². The molecule has 0 aromatic carbocycles.